The Morgan fingerprint density at radius 2 is 1.84 bits per heavy atom. The summed E-state index contributed by atoms with van der Waals surface area (Å²) in [6, 6.07) is 18.2. The molecule has 0 radical (unpaired) electrons. The molecule has 8 nitrogen and oxygen atoms in total. The largest absolute Gasteiger partial charge is 0.463 e. The number of rotatable bonds is 6. The molecule has 164 valence electrons. The van der Waals surface area contributed by atoms with E-state index in [0.717, 1.165) is 4.31 Å². The first-order valence-electron chi connectivity index (χ1n) is 9.49. The molecule has 2 aromatic carbocycles. The van der Waals surface area contributed by atoms with Crippen LogP contribution in [0.25, 0.3) is 17.1 Å². The average Bonchev–Trinajstić information content (AvgIpc) is 3.44. The highest BCUT2D eigenvalue weighted by Crippen LogP contribution is 2.26. The van der Waals surface area contributed by atoms with Gasteiger partial charge in [-0.1, -0.05) is 23.7 Å². The highest BCUT2D eigenvalue weighted by Gasteiger charge is 2.20. The lowest BCUT2D eigenvalue weighted by molar-refractivity contribution is 0.102. The molecule has 0 spiro atoms. The summed E-state index contributed by atoms with van der Waals surface area (Å²) in [6.45, 7) is 0. The van der Waals surface area contributed by atoms with Gasteiger partial charge in [-0.05, 0) is 48.5 Å². The lowest BCUT2D eigenvalue weighted by Crippen LogP contribution is -2.22. The van der Waals surface area contributed by atoms with Crippen molar-refractivity contribution in [3.8, 4) is 17.1 Å². The second kappa shape index (κ2) is 8.62. The normalized spacial score (nSPS) is 11.6. The second-order valence-electron chi connectivity index (χ2n) is 7.05. The maximum absolute atomic E-state index is 12.9. The summed E-state index contributed by atoms with van der Waals surface area (Å²) in [5, 5.41) is 7.66. The van der Waals surface area contributed by atoms with Gasteiger partial charge in [-0.25, -0.2) is 17.4 Å². The number of nitrogens with zero attached hydrogens (tertiary/aromatic N) is 3. The predicted molar refractivity (Wildman–Crippen MR) is 122 cm³/mol. The summed E-state index contributed by atoms with van der Waals surface area (Å²) in [5.41, 5.74) is 1.67. The van der Waals surface area contributed by atoms with Crippen molar-refractivity contribution in [1.29, 1.82) is 0 Å². The fourth-order valence-corrected chi connectivity index (χ4v) is 4.17. The fourth-order valence-electron chi connectivity index (χ4n) is 3.04. The van der Waals surface area contributed by atoms with Crippen LogP contribution < -0.4 is 5.32 Å². The number of hydrogen-bond donors (Lipinski definition) is 1. The molecule has 2 aromatic heterocycles. The Kier molecular flexibility index (Phi) is 5.88. The van der Waals surface area contributed by atoms with Crippen LogP contribution in [0.4, 0.5) is 5.69 Å². The lowest BCUT2D eigenvalue weighted by atomic mass is 10.2. The molecule has 1 N–H and O–H groups in total. The molecule has 0 aliphatic carbocycles. The Labute approximate surface area is 190 Å². The first-order chi connectivity index (χ1) is 15.3. The number of carbonyl (C=O) groups excluding carboxylic acids is 1. The molecule has 4 aromatic rings. The van der Waals surface area contributed by atoms with E-state index >= 15 is 0 Å². The van der Waals surface area contributed by atoms with Crippen molar-refractivity contribution >= 4 is 33.2 Å². The molecule has 1 amide bonds. The Morgan fingerprint density at radius 1 is 1.06 bits per heavy atom. The van der Waals surface area contributed by atoms with Gasteiger partial charge in [-0.2, -0.15) is 5.10 Å². The summed E-state index contributed by atoms with van der Waals surface area (Å²) in [6.07, 6.45) is 1.53. The third-order valence-corrected chi connectivity index (χ3v) is 6.69. The number of benzene rings is 2. The third kappa shape index (κ3) is 4.31. The molecule has 0 bridgehead atoms. The van der Waals surface area contributed by atoms with Gasteiger partial charge in [-0.3, -0.25) is 4.79 Å². The van der Waals surface area contributed by atoms with E-state index in [-0.39, 0.29) is 10.6 Å². The molecule has 2 heterocycles. The van der Waals surface area contributed by atoms with Crippen LogP contribution in [0.3, 0.4) is 0 Å². The minimum Gasteiger partial charge on any atom is -0.463 e. The fraction of sp³-hybridized carbons (Fsp3) is 0.0909. The maximum atomic E-state index is 12.9. The van der Waals surface area contributed by atoms with Crippen molar-refractivity contribution in [2.45, 2.75) is 4.90 Å². The van der Waals surface area contributed by atoms with E-state index in [4.69, 9.17) is 16.0 Å². The van der Waals surface area contributed by atoms with Crippen LogP contribution in [0.5, 0.6) is 0 Å². The van der Waals surface area contributed by atoms with E-state index < -0.39 is 15.9 Å². The van der Waals surface area contributed by atoms with Gasteiger partial charge in [0.15, 0.2) is 11.5 Å². The number of anilines is 1. The number of nitrogens with one attached hydrogen (secondary N) is 1. The summed E-state index contributed by atoms with van der Waals surface area (Å²) < 4.78 is 32.9. The predicted octanol–water partition coefficient (Wildman–Crippen LogP) is 4.29. The summed E-state index contributed by atoms with van der Waals surface area (Å²) in [4.78, 5) is 13.0. The topological polar surface area (TPSA) is 97.4 Å². The zero-order chi connectivity index (χ0) is 22.9. The summed E-state index contributed by atoms with van der Waals surface area (Å²) >= 11 is 6.13. The van der Waals surface area contributed by atoms with Gasteiger partial charge in [-0.15, -0.1) is 0 Å². The second-order valence-corrected chi connectivity index (χ2v) is 9.64. The van der Waals surface area contributed by atoms with Gasteiger partial charge >= 0.3 is 0 Å². The van der Waals surface area contributed by atoms with Gasteiger partial charge in [0, 0.05) is 30.9 Å². The molecule has 0 fully saturated rings. The van der Waals surface area contributed by atoms with Crippen LogP contribution in [0.1, 0.15) is 10.5 Å². The maximum Gasteiger partial charge on any atom is 0.276 e. The monoisotopic (exact) mass is 470 g/mol. The van der Waals surface area contributed by atoms with Gasteiger partial charge in [0.1, 0.15) is 5.69 Å². The van der Waals surface area contributed by atoms with Crippen LogP contribution in [-0.2, 0) is 10.0 Å². The van der Waals surface area contributed by atoms with E-state index in [1.807, 2.05) is 6.07 Å². The Morgan fingerprint density at radius 3 is 2.53 bits per heavy atom. The minimum atomic E-state index is -3.63. The Balaban J connectivity index is 1.69. The van der Waals surface area contributed by atoms with Crippen molar-refractivity contribution < 1.29 is 17.6 Å². The number of amides is 1. The molecule has 0 aliphatic heterocycles. The van der Waals surface area contributed by atoms with Crippen LogP contribution in [-0.4, -0.2) is 42.5 Å². The van der Waals surface area contributed by atoms with E-state index in [2.05, 4.69) is 10.4 Å². The van der Waals surface area contributed by atoms with Gasteiger partial charge in [0.05, 0.1) is 16.8 Å². The SMILES string of the molecule is CN(C)S(=O)(=O)c1cccc(NC(=O)c2cc(-c3ccco3)n(-c3cccc(Cl)c3)n2)c1. The highest BCUT2D eigenvalue weighted by molar-refractivity contribution is 7.89. The zero-order valence-electron chi connectivity index (χ0n) is 17.2. The van der Waals surface area contributed by atoms with Crippen molar-refractivity contribution in [3.63, 3.8) is 0 Å². The molecule has 0 aliphatic rings. The number of carbonyl (C=O) groups is 1. The minimum absolute atomic E-state index is 0.0704. The Hall–Kier alpha value is -3.40. The number of hydrogen-bond acceptors (Lipinski definition) is 5. The van der Waals surface area contributed by atoms with E-state index in [0.29, 0.717) is 27.9 Å². The smallest absolute Gasteiger partial charge is 0.276 e. The third-order valence-electron chi connectivity index (χ3n) is 4.64. The average molecular weight is 471 g/mol. The number of furan rings is 1. The van der Waals surface area contributed by atoms with Gasteiger partial charge < -0.3 is 9.73 Å². The molecule has 0 saturated carbocycles. The number of aromatic nitrogens is 2. The molecular formula is C22H19ClN4O4S. The van der Waals surface area contributed by atoms with Crippen LogP contribution in [0.15, 0.2) is 82.3 Å². The van der Waals surface area contributed by atoms with Crippen molar-refractivity contribution in [1.82, 2.24) is 14.1 Å². The summed E-state index contributed by atoms with van der Waals surface area (Å²) in [7, 11) is -0.747. The lowest BCUT2D eigenvalue weighted by Gasteiger charge is -2.12. The molecule has 10 heteroatoms. The molecule has 4 rings (SSSR count). The quantitative estimate of drug-likeness (QED) is 0.453. The van der Waals surface area contributed by atoms with Gasteiger partial charge in [0.25, 0.3) is 5.91 Å². The van der Waals surface area contributed by atoms with Crippen molar-refractivity contribution in [2.75, 3.05) is 19.4 Å². The standard InChI is InChI=1S/C22H19ClN4O4S/c1-26(2)32(29,30)18-9-4-7-16(13-18)24-22(28)19-14-20(21-10-5-11-31-21)27(25-19)17-8-3-6-15(23)12-17/h3-14H,1-2H3,(H,24,28). The van der Waals surface area contributed by atoms with Crippen molar-refractivity contribution in [2.24, 2.45) is 0 Å². The molecule has 0 unspecified atom stereocenters. The molecular weight excluding hydrogens is 452 g/mol. The van der Waals surface area contributed by atoms with Gasteiger partial charge in [0.2, 0.25) is 10.0 Å². The molecule has 0 saturated heterocycles. The van der Waals surface area contributed by atoms with Crippen LogP contribution >= 0.6 is 11.6 Å². The Bertz CT molecular complexity index is 1380. The van der Waals surface area contributed by atoms with E-state index in [1.165, 1.54) is 32.5 Å². The molecule has 0 atom stereocenters. The van der Waals surface area contributed by atoms with Crippen LogP contribution in [0, 0.1) is 0 Å². The molecule has 32 heavy (non-hydrogen) atoms. The first-order valence-corrected chi connectivity index (χ1v) is 11.3. The highest BCUT2D eigenvalue weighted by atomic mass is 35.5. The number of sulfonamides is 1. The van der Waals surface area contributed by atoms with Crippen LogP contribution in [0.2, 0.25) is 5.02 Å². The number of halogens is 1. The van der Waals surface area contributed by atoms with E-state index in [9.17, 15) is 13.2 Å². The zero-order valence-corrected chi connectivity index (χ0v) is 18.8. The van der Waals surface area contributed by atoms with E-state index in [1.54, 1.807) is 53.2 Å². The first kappa shape index (κ1) is 21.8. The summed E-state index contributed by atoms with van der Waals surface area (Å²) in [5.74, 6) is 0.0218. The van der Waals surface area contributed by atoms with Crippen molar-refractivity contribution in [3.05, 3.63) is 83.7 Å².